The zero-order valence-corrected chi connectivity index (χ0v) is 8.50. The Kier molecular flexibility index (Phi) is 4.84. The largest absolute Gasteiger partial charge is 0.454 e. The van der Waals surface area contributed by atoms with Crippen LogP contribution in [0.1, 0.15) is 19.3 Å². The third-order valence-electron chi connectivity index (χ3n) is 2.08. The normalized spacial score (nSPS) is 19.1. The Labute approximate surface area is 82.0 Å². The molecule has 0 spiro atoms. The molecule has 0 amide bonds. The Balaban J connectivity index is 2.01. The number of halogens is 1. The Bertz CT molecular complexity index is 146. The van der Waals surface area contributed by atoms with Gasteiger partial charge >= 0.3 is 5.43 Å². The molecule has 12 heavy (non-hydrogen) atoms. The van der Waals surface area contributed by atoms with Crippen molar-refractivity contribution in [3.05, 3.63) is 0 Å². The fourth-order valence-electron chi connectivity index (χ4n) is 1.34. The maximum absolute atomic E-state index is 10.2. The van der Waals surface area contributed by atoms with Crippen molar-refractivity contribution in [2.24, 2.45) is 5.92 Å². The minimum Gasteiger partial charge on any atom is -0.454 e. The van der Waals surface area contributed by atoms with E-state index in [4.69, 9.17) is 11.6 Å². The highest BCUT2D eigenvalue weighted by atomic mass is 35.5. The SMILES string of the molecule is O=C(Cl)OCCC1CCSCC1. The van der Waals surface area contributed by atoms with Crippen LogP contribution in [0.4, 0.5) is 4.79 Å². The van der Waals surface area contributed by atoms with Crippen molar-refractivity contribution >= 4 is 28.8 Å². The summed E-state index contributed by atoms with van der Waals surface area (Å²) in [7, 11) is 0. The molecule has 0 radical (unpaired) electrons. The highest BCUT2D eigenvalue weighted by Gasteiger charge is 2.13. The molecule has 0 aromatic carbocycles. The molecule has 0 aromatic rings. The van der Waals surface area contributed by atoms with Crippen LogP contribution in [0.2, 0.25) is 0 Å². The Morgan fingerprint density at radius 3 is 2.75 bits per heavy atom. The molecule has 1 heterocycles. The summed E-state index contributed by atoms with van der Waals surface area (Å²) in [6.45, 7) is 0.484. The van der Waals surface area contributed by atoms with Crippen molar-refractivity contribution < 1.29 is 9.53 Å². The van der Waals surface area contributed by atoms with Gasteiger partial charge in [-0.15, -0.1) is 0 Å². The van der Waals surface area contributed by atoms with Crippen LogP contribution in [0.5, 0.6) is 0 Å². The van der Waals surface area contributed by atoms with Gasteiger partial charge in [0.15, 0.2) is 0 Å². The molecule has 1 rings (SSSR count). The predicted molar refractivity (Wildman–Crippen MR) is 51.9 cm³/mol. The molecule has 1 aliphatic rings. The van der Waals surface area contributed by atoms with Gasteiger partial charge in [0, 0.05) is 11.6 Å². The summed E-state index contributed by atoms with van der Waals surface area (Å²) in [4.78, 5) is 10.2. The van der Waals surface area contributed by atoms with E-state index in [1.165, 1.54) is 24.3 Å². The van der Waals surface area contributed by atoms with Crippen LogP contribution in [0, 0.1) is 5.92 Å². The summed E-state index contributed by atoms with van der Waals surface area (Å²) in [6.07, 6.45) is 3.48. The summed E-state index contributed by atoms with van der Waals surface area (Å²) in [5, 5.41) is 0. The smallest absolute Gasteiger partial charge is 0.403 e. The molecule has 2 nitrogen and oxygen atoms in total. The van der Waals surface area contributed by atoms with Crippen LogP contribution < -0.4 is 0 Å². The third kappa shape index (κ3) is 4.21. The molecule has 0 atom stereocenters. The molecular formula is C8H13ClO2S. The fourth-order valence-corrected chi connectivity index (χ4v) is 2.62. The Hall–Kier alpha value is 0.110. The van der Waals surface area contributed by atoms with Gasteiger partial charge in [0.2, 0.25) is 0 Å². The Morgan fingerprint density at radius 2 is 2.17 bits per heavy atom. The first kappa shape index (κ1) is 10.2. The molecule has 0 aromatic heterocycles. The van der Waals surface area contributed by atoms with E-state index in [1.54, 1.807) is 0 Å². The maximum atomic E-state index is 10.2. The highest BCUT2D eigenvalue weighted by molar-refractivity contribution is 7.99. The van der Waals surface area contributed by atoms with Gasteiger partial charge < -0.3 is 4.74 Å². The van der Waals surface area contributed by atoms with Crippen LogP contribution in [0.25, 0.3) is 0 Å². The minimum absolute atomic E-state index is 0.484. The standard InChI is InChI=1S/C8H13ClO2S/c9-8(10)11-4-1-7-2-5-12-6-3-7/h7H,1-6H2. The van der Waals surface area contributed by atoms with Crippen LogP contribution in [-0.4, -0.2) is 23.5 Å². The van der Waals surface area contributed by atoms with Gasteiger partial charge in [0.1, 0.15) is 0 Å². The van der Waals surface area contributed by atoms with E-state index in [0.717, 1.165) is 12.3 Å². The van der Waals surface area contributed by atoms with Crippen molar-refractivity contribution in [2.75, 3.05) is 18.1 Å². The lowest BCUT2D eigenvalue weighted by Crippen LogP contribution is -2.12. The summed E-state index contributed by atoms with van der Waals surface area (Å²) >= 11 is 7.03. The molecule has 0 unspecified atom stereocenters. The highest BCUT2D eigenvalue weighted by Crippen LogP contribution is 2.25. The first-order valence-corrected chi connectivity index (χ1v) is 5.72. The summed E-state index contributed by atoms with van der Waals surface area (Å²) in [5.41, 5.74) is -0.680. The van der Waals surface area contributed by atoms with E-state index in [2.05, 4.69) is 4.74 Å². The monoisotopic (exact) mass is 208 g/mol. The van der Waals surface area contributed by atoms with E-state index in [-0.39, 0.29) is 0 Å². The van der Waals surface area contributed by atoms with Crippen molar-refractivity contribution in [1.29, 1.82) is 0 Å². The summed E-state index contributed by atoms with van der Waals surface area (Å²) < 4.78 is 4.66. The van der Waals surface area contributed by atoms with Crippen molar-refractivity contribution in [3.8, 4) is 0 Å². The van der Waals surface area contributed by atoms with Crippen molar-refractivity contribution in [3.63, 3.8) is 0 Å². The average molecular weight is 209 g/mol. The number of carbonyl (C=O) groups is 1. The number of ether oxygens (including phenoxy) is 1. The molecule has 70 valence electrons. The lowest BCUT2D eigenvalue weighted by molar-refractivity contribution is 0.163. The lowest BCUT2D eigenvalue weighted by atomic mass is 10.00. The molecule has 1 saturated heterocycles. The quantitative estimate of drug-likeness (QED) is 0.668. The number of hydrogen-bond donors (Lipinski definition) is 0. The fraction of sp³-hybridized carbons (Fsp3) is 0.875. The lowest BCUT2D eigenvalue weighted by Gasteiger charge is -2.20. The van der Waals surface area contributed by atoms with Crippen LogP contribution in [0.15, 0.2) is 0 Å². The minimum atomic E-state index is -0.680. The molecule has 4 heteroatoms. The van der Waals surface area contributed by atoms with E-state index in [0.29, 0.717) is 6.61 Å². The van der Waals surface area contributed by atoms with Crippen molar-refractivity contribution in [1.82, 2.24) is 0 Å². The van der Waals surface area contributed by atoms with Crippen LogP contribution >= 0.6 is 23.4 Å². The number of carbonyl (C=O) groups excluding carboxylic acids is 1. The maximum Gasteiger partial charge on any atom is 0.403 e. The predicted octanol–water partition coefficient (Wildman–Crippen LogP) is 2.90. The van der Waals surface area contributed by atoms with E-state index in [9.17, 15) is 4.79 Å². The average Bonchev–Trinajstić information content (AvgIpc) is 2.05. The topological polar surface area (TPSA) is 26.3 Å². The first-order valence-electron chi connectivity index (χ1n) is 4.19. The zero-order valence-electron chi connectivity index (χ0n) is 6.92. The second-order valence-corrected chi connectivity index (χ2v) is 4.46. The van der Waals surface area contributed by atoms with Gasteiger partial charge in [0.05, 0.1) is 6.61 Å². The molecule has 0 saturated carbocycles. The molecular weight excluding hydrogens is 196 g/mol. The number of hydrogen-bond acceptors (Lipinski definition) is 3. The van der Waals surface area contributed by atoms with Gasteiger partial charge in [-0.2, -0.15) is 11.8 Å². The molecule has 1 aliphatic heterocycles. The Morgan fingerprint density at radius 1 is 1.50 bits per heavy atom. The van der Waals surface area contributed by atoms with Crippen LogP contribution in [-0.2, 0) is 4.74 Å². The van der Waals surface area contributed by atoms with Gasteiger partial charge in [-0.05, 0) is 36.7 Å². The second-order valence-electron chi connectivity index (χ2n) is 2.93. The zero-order chi connectivity index (χ0) is 8.81. The summed E-state index contributed by atoms with van der Waals surface area (Å²) in [5.74, 6) is 3.24. The van der Waals surface area contributed by atoms with E-state index >= 15 is 0 Å². The molecule has 0 N–H and O–H groups in total. The van der Waals surface area contributed by atoms with E-state index < -0.39 is 5.43 Å². The van der Waals surface area contributed by atoms with E-state index in [1.807, 2.05) is 11.8 Å². The van der Waals surface area contributed by atoms with Gasteiger partial charge in [-0.3, -0.25) is 0 Å². The van der Waals surface area contributed by atoms with Gasteiger partial charge in [0.25, 0.3) is 0 Å². The van der Waals surface area contributed by atoms with Crippen LogP contribution in [0.3, 0.4) is 0 Å². The molecule has 0 bridgehead atoms. The summed E-state index contributed by atoms with van der Waals surface area (Å²) in [6, 6.07) is 0. The first-order chi connectivity index (χ1) is 5.79. The van der Waals surface area contributed by atoms with Crippen molar-refractivity contribution in [2.45, 2.75) is 19.3 Å². The number of thioether (sulfide) groups is 1. The number of rotatable bonds is 3. The molecule has 1 fully saturated rings. The van der Waals surface area contributed by atoms with Gasteiger partial charge in [-0.25, -0.2) is 4.79 Å². The van der Waals surface area contributed by atoms with Gasteiger partial charge in [-0.1, -0.05) is 0 Å². The second kappa shape index (κ2) is 5.70. The molecule has 0 aliphatic carbocycles. The third-order valence-corrected chi connectivity index (χ3v) is 3.24.